The smallest absolute Gasteiger partial charge is 0.173 e. The summed E-state index contributed by atoms with van der Waals surface area (Å²) >= 11 is 0.511. The summed E-state index contributed by atoms with van der Waals surface area (Å²) in [4.78, 5) is 11.4. The fourth-order valence-electron chi connectivity index (χ4n) is 1.18. The van der Waals surface area contributed by atoms with Gasteiger partial charge in [-0.05, 0) is 17.7 Å². The molecular formula is C9H8BrFNO3S-. The topological polar surface area (TPSA) is 69.2 Å². The van der Waals surface area contributed by atoms with Gasteiger partial charge in [0.05, 0.1) is 5.33 Å². The summed E-state index contributed by atoms with van der Waals surface area (Å²) < 4.78 is 35.5. The minimum atomic E-state index is -2.47. The SMILES string of the molecule is O=C(CBr)c1cc(NS(=O)[O-])ccc1CF. The highest BCUT2D eigenvalue weighted by molar-refractivity contribution is 9.09. The number of benzene rings is 1. The zero-order chi connectivity index (χ0) is 12.1. The van der Waals surface area contributed by atoms with E-state index < -0.39 is 17.9 Å². The molecule has 1 rings (SSSR count). The van der Waals surface area contributed by atoms with Crippen molar-refractivity contribution in [2.75, 3.05) is 10.1 Å². The molecule has 1 N–H and O–H groups in total. The van der Waals surface area contributed by atoms with E-state index in [1.54, 1.807) is 0 Å². The minimum absolute atomic E-state index is 0.0594. The van der Waals surface area contributed by atoms with Crippen molar-refractivity contribution in [2.24, 2.45) is 0 Å². The summed E-state index contributed by atoms with van der Waals surface area (Å²) in [6.45, 7) is -0.769. The highest BCUT2D eigenvalue weighted by atomic mass is 79.9. The van der Waals surface area contributed by atoms with Crippen molar-refractivity contribution in [1.29, 1.82) is 0 Å². The molecule has 0 radical (unpaired) electrons. The molecular weight excluding hydrogens is 301 g/mol. The molecule has 0 aliphatic heterocycles. The van der Waals surface area contributed by atoms with Gasteiger partial charge in [0.2, 0.25) is 0 Å². The molecule has 88 valence electrons. The summed E-state index contributed by atoms with van der Waals surface area (Å²) in [5.74, 6) is -0.298. The lowest BCUT2D eigenvalue weighted by molar-refractivity contribution is 0.102. The van der Waals surface area contributed by atoms with Crippen LogP contribution in [-0.4, -0.2) is 19.9 Å². The van der Waals surface area contributed by atoms with Gasteiger partial charge in [-0.25, -0.2) is 4.39 Å². The van der Waals surface area contributed by atoms with E-state index in [9.17, 15) is 17.9 Å². The summed E-state index contributed by atoms with van der Waals surface area (Å²) in [6, 6.07) is 4.09. The first-order chi connectivity index (χ1) is 7.58. The second-order valence-corrected chi connectivity index (χ2v) is 4.13. The molecule has 0 aliphatic rings. The Morgan fingerprint density at radius 1 is 1.56 bits per heavy atom. The second-order valence-electron chi connectivity index (χ2n) is 2.90. The van der Waals surface area contributed by atoms with Crippen molar-refractivity contribution < 1.29 is 17.9 Å². The molecule has 4 nitrogen and oxygen atoms in total. The van der Waals surface area contributed by atoms with Crippen LogP contribution in [0.2, 0.25) is 0 Å². The maximum atomic E-state index is 12.6. The van der Waals surface area contributed by atoms with Gasteiger partial charge in [-0.2, -0.15) is 0 Å². The Bertz CT molecular complexity index is 427. The van der Waals surface area contributed by atoms with Crippen molar-refractivity contribution in [3.8, 4) is 0 Å². The average molecular weight is 309 g/mol. The maximum absolute atomic E-state index is 12.6. The van der Waals surface area contributed by atoms with Gasteiger partial charge in [0.1, 0.15) is 6.67 Å². The molecule has 0 amide bonds. The molecule has 0 spiro atoms. The van der Waals surface area contributed by atoms with Crippen molar-refractivity contribution in [2.45, 2.75) is 6.67 Å². The Balaban J connectivity index is 3.10. The number of alkyl halides is 2. The first kappa shape index (κ1) is 13.3. The van der Waals surface area contributed by atoms with E-state index in [2.05, 4.69) is 20.7 Å². The second kappa shape index (κ2) is 6.07. The molecule has 1 aromatic rings. The number of rotatable bonds is 5. The van der Waals surface area contributed by atoms with Crippen LogP contribution in [0.5, 0.6) is 0 Å². The molecule has 0 aromatic heterocycles. The van der Waals surface area contributed by atoms with E-state index in [1.807, 2.05) is 0 Å². The molecule has 1 atom stereocenters. The monoisotopic (exact) mass is 308 g/mol. The maximum Gasteiger partial charge on any atom is 0.173 e. The third kappa shape index (κ3) is 3.36. The Morgan fingerprint density at radius 2 is 2.25 bits per heavy atom. The number of Topliss-reactive ketones (excluding diaryl/α,β-unsaturated/α-hetero) is 1. The molecule has 7 heteroatoms. The van der Waals surface area contributed by atoms with Crippen LogP contribution in [0.1, 0.15) is 15.9 Å². The van der Waals surface area contributed by atoms with E-state index in [-0.39, 0.29) is 27.9 Å². The number of hydrogen-bond acceptors (Lipinski definition) is 3. The fourth-order valence-corrected chi connectivity index (χ4v) is 1.81. The largest absolute Gasteiger partial charge is 0.755 e. The molecule has 0 heterocycles. The lowest BCUT2D eigenvalue weighted by Crippen LogP contribution is -2.07. The summed E-state index contributed by atoms with van der Waals surface area (Å²) in [5, 5.41) is 0.0594. The minimum Gasteiger partial charge on any atom is -0.755 e. The molecule has 1 unspecified atom stereocenters. The van der Waals surface area contributed by atoms with Crippen LogP contribution in [0.4, 0.5) is 10.1 Å². The third-order valence-electron chi connectivity index (χ3n) is 1.88. The number of carbonyl (C=O) groups excluding carboxylic acids is 1. The van der Waals surface area contributed by atoms with Gasteiger partial charge >= 0.3 is 0 Å². The lowest BCUT2D eigenvalue weighted by atomic mass is 10.0. The highest BCUT2D eigenvalue weighted by Gasteiger charge is 2.11. The predicted molar refractivity (Wildman–Crippen MR) is 61.9 cm³/mol. The molecule has 0 bridgehead atoms. The van der Waals surface area contributed by atoms with Crippen LogP contribution in [0, 0.1) is 0 Å². The van der Waals surface area contributed by atoms with Gasteiger partial charge in [0.25, 0.3) is 0 Å². The summed E-state index contributed by atoms with van der Waals surface area (Å²) in [7, 11) is 0. The first-order valence-electron chi connectivity index (χ1n) is 4.22. The average Bonchev–Trinajstić information content (AvgIpc) is 2.27. The molecule has 0 fully saturated rings. The van der Waals surface area contributed by atoms with Crippen LogP contribution in [-0.2, 0) is 17.9 Å². The number of nitrogens with one attached hydrogen (secondary N) is 1. The molecule has 16 heavy (non-hydrogen) atoms. The van der Waals surface area contributed by atoms with E-state index in [0.717, 1.165) is 0 Å². The fraction of sp³-hybridized carbons (Fsp3) is 0.222. The summed E-state index contributed by atoms with van der Waals surface area (Å²) in [6.07, 6.45) is 0. The van der Waals surface area contributed by atoms with Crippen LogP contribution in [0.3, 0.4) is 0 Å². The van der Waals surface area contributed by atoms with E-state index in [1.165, 1.54) is 18.2 Å². The van der Waals surface area contributed by atoms with Crippen LogP contribution >= 0.6 is 15.9 Å². The quantitative estimate of drug-likeness (QED) is 0.513. The molecule has 1 aromatic carbocycles. The zero-order valence-corrected chi connectivity index (χ0v) is 10.4. The normalized spacial score (nSPS) is 12.2. The van der Waals surface area contributed by atoms with Crippen LogP contribution in [0.15, 0.2) is 18.2 Å². The van der Waals surface area contributed by atoms with E-state index >= 15 is 0 Å². The van der Waals surface area contributed by atoms with Gasteiger partial charge in [0, 0.05) is 22.5 Å². The number of anilines is 1. The Morgan fingerprint density at radius 3 is 2.75 bits per heavy atom. The number of carbonyl (C=O) groups is 1. The number of hydrogen-bond donors (Lipinski definition) is 1. The van der Waals surface area contributed by atoms with Crippen molar-refractivity contribution in [1.82, 2.24) is 0 Å². The predicted octanol–water partition coefficient (Wildman–Crippen LogP) is 1.94. The van der Waals surface area contributed by atoms with Gasteiger partial charge < -0.3 is 9.27 Å². The molecule has 0 saturated heterocycles. The Hall–Kier alpha value is -0.790. The highest BCUT2D eigenvalue weighted by Crippen LogP contribution is 2.18. The van der Waals surface area contributed by atoms with Crippen LogP contribution in [0.25, 0.3) is 0 Å². The standard InChI is InChI=1S/C9H9BrFNO3S/c10-4-9(13)8-3-7(12-16(14)15)2-1-6(8)5-11/h1-3,12H,4-5H2,(H,14,15)/p-1. The van der Waals surface area contributed by atoms with Gasteiger partial charge in [-0.3, -0.25) is 9.00 Å². The first-order valence-corrected chi connectivity index (χ1v) is 6.42. The Kier molecular flexibility index (Phi) is 5.04. The lowest BCUT2D eigenvalue weighted by Gasteiger charge is -2.11. The Labute approximate surface area is 103 Å². The van der Waals surface area contributed by atoms with E-state index in [0.29, 0.717) is 0 Å². The zero-order valence-electron chi connectivity index (χ0n) is 8.04. The number of ketones is 1. The number of halogens is 2. The van der Waals surface area contributed by atoms with Gasteiger partial charge in [-0.15, -0.1) is 0 Å². The van der Waals surface area contributed by atoms with Gasteiger partial charge in [-0.1, -0.05) is 22.0 Å². The third-order valence-corrected chi connectivity index (χ3v) is 2.79. The van der Waals surface area contributed by atoms with Crippen molar-refractivity contribution >= 4 is 38.7 Å². The molecule has 0 aliphatic carbocycles. The molecule has 0 saturated carbocycles. The van der Waals surface area contributed by atoms with Crippen molar-refractivity contribution in [3.05, 3.63) is 29.3 Å². The van der Waals surface area contributed by atoms with Crippen molar-refractivity contribution in [3.63, 3.8) is 0 Å². The van der Waals surface area contributed by atoms with Crippen LogP contribution < -0.4 is 4.72 Å². The summed E-state index contributed by atoms with van der Waals surface area (Å²) in [5.41, 5.74) is 0.649. The van der Waals surface area contributed by atoms with Gasteiger partial charge in [0.15, 0.2) is 5.78 Å². The van der Waals surface area contributed by atoms with E-state index in [4.69, 9.17) is 0 Å².